The summed E-state index contributed by atoms with van der Waals surface area (Å²) in [6, 6.07) is 2.03. The van der Waals surface area contributed by atoms with E-state index >= 15 is 0 Å². The number of unbranched alkanes of at least 4 members (excludes halogenated alkanes) is 1. The molecule has 0 N–H and O–H groups in total. The first kappa shape index (κ1) is 15.9. The van der Waals surface area contributed by atoms with E-state index in [2.05, 4.69) is 11.0 Å². The van der Waals surface area contributed by atoms with Gasteiger partial charge in [-0.25, -0.2) is 0 Å². The average molecular weight is 268 g/mol. The number of rotatable bonds is 6. The summed E-state index contributed by atoms with van der Waals surface area (Å²) >= 11 is 0. The molecule has 0 aliphatic carbocycles. The largest absolute Gasteiger partial charge is 0.468 e. The Balaban J connectivity index is 2.34. The molecule has 0 aromatic heterocycles. The second kappa shape index (κ2) is 7.46. The lowest BCUT2D eigenvalue weighted by molar-refractivity contribution is -0.153. The van der Waals surface area contributed by atoms with Gasteiger partial charge in [-0.3, -0.25) is 9.69 Å². The van der Waals surface area contributed by atoms with Crippen LogP contribution in [0, 0.1) is 16.7 Å². The SMILES string of the molecule is COC(=O)C1COCCN1CCCCC(C)(C)C#N. The van der Waals surface area contributed by atoms with Crippen LogP contribution in [0.15, 0.2) is 0 Å². The van der Waals surface area contributed by atoms with E-state index in [4.69, 9.17) is 14.7 Å². The second-order valence-electron chi connectivity index (χ2n) is 5.60. The molecule has 0 aromatic carbocycles. The van der Waals surface area contributed by atoms with Gasteiger partial charge in [0.05, 0.1) is 31.8 Å². The molecule has 0 saturated carbocycles. The first-order valence-corrected chi connectivity index (χ1v) is 6.81. The molecule has 1 unspecified atom stereocenters. The van der Waals surface area contributed by atoms with Gasteiger partial charge in [0.15, 0.2) is 0 Å². The van der Waals surface area contributed by atoms with Gasteiger partial charge in [-0.1, -0.05) is 6.42 Å². The highest BCUT2D eigenvalue weighted by atomic mass is 16.5. The van der Waals surface area contributed by atoms with Crippen LogP contribution in [0.1, 0.15) is 33.1 Å². The Labute approximate surface area is 115 Å². The van der Waals surface area contributed by atoms with Gasteiger partial charge < -0.3 is 9.47 Å². The van der Waals surface area contributed by atoms with Crippen molar-refractivity contribution in [3.63, 3.8) is 0 Å². The Hall–Kier alpha value is -1.12. The molecule has 1 aliphatic rings. The standard InChI is InChI=1S/C14H24N2O3/c1-14(2,11-15)6-4-5-7-16-8-9-19-10-12(16)13(17)18-3/h12H,4-10H2,1-3H3. The molecule has 1 rings (SSSR count). The molecule has 1 aliphatic heterocycles. The van der Waals surface area contributed by atoms with E-state index in [-0.39, 0.29) is 17.4 Å². The molecule has 1 atom stereocenters. The van der Waals surface area contributed by atoms with Crippen molar-refractivity contribution in [2.45, 2.75) is 39.2 Å². The molecule has 5 nitrogen and oxygen atoms in total. The fraction of sp³-hybridized carbons (Fsp3) is 0.857. The average Bonchev–Trinajstić information content (AvgIpc) is 2.43. The van der Waals surface area contributed by atoms with Gasteiger partial charge in [-0.15, -0.1) is 0 Å². The molecule has 0 aromatic rings. The summed E-state index contributed by atoms with van der Waals surface area (Å²) in [6.45, 7) is 6.61. The number of hydrogen-bond acceptors (Lipinski definition) is 5. The van der Waals surface area contributed by atoms with E-state index in [1.54, 1.807) is 0 Å². The predicted molar refractivity (Wildman–Crippen MR) is 71.4 cm³/mol. The van der Waals surface area contributed by atoms with Crippen LogP contribution in [0.25, 0.3) is 0 Å². The van der Waals surface area contributed by atoms with E-state index in [0.717, 1.165) is 32.4 Å². The second-order valence-corrected chi connectivity index (χ2v) is 5.60. The summed E-state index contributed by atoms with van der Waals surface area (Å²) in [4.78, 5) is 13.7. The minimum atomic E-state index is -0.275. The lowest BCUT2D eigenvalue weighted by Crippen LogP contribution is -2.50. The smallest absolute Gasteiger partial charge is 0.325 e. The van der Waals surface area contributed by atoms with Crippen LogP contribution in [-0.4, -0.2) is 50.3 Å². The van der Waals surface area contributed by atoms with E-state index in [1.165, 1.54) is 7.11 Å². The maximum Gasteiger partial charge on any atom is 0.325 e. The molecular weight excluding hydrogens is 244 g/mol. The molecule has 5 heteroatoms. The third-order valence-corrected chi connectivity index (χ3v) is 3.51. The van der Waals surface area contributed by atoms with Gasteiger partial charge in [-0.05, 0) is 33.2 Å². The van der Waals surface area contributed by atoms with Crippen LogP contribution >= 0.6 is 0 Å². The van der Waals surface area contributed by atoms with Crippen LogP contribution in [0.5, 0.6) is 0 Å². The number of morpholine rings is 1. The minimum absolute atomic E-state index is 0.225. The first-order valence-electron chi connectivity index (χ1n) is 6.81. The molecule has 1 saturated heterocycles. The van der Waals surface area contributed by atoms with Gasteiger partial charge in [0, 0.05) is 6.54 Å². The summed E-state index contributed by atoms with van der Waals surface area (Å²) in [5, 5.41) is 8.95. The first-order chi connectivity index (χ1) is 9.00. The van der Waals surface area contributed by atoms with E-state index in [9.17, 15) is 4.79 Å². The molecule has 0 spiro atoms. The maximum atomic E-state index is 11.6. The summed E-state index contributed by atoms with van der Waals surface area (Å²) in [7, 11) is 1.41. The van der Waals surface area contributed by atoms with Crippen molar-refractivity contribution < 1.29 is 14.3 Å². The fourth-order valence-corrected chi connectivity index (χ4v) is 2.20. The van der Waals surface area contributed by atoms with Crippen LogP contribution in [0.2, 0.25) is 0 Å². The van der Waals surface area contributed by atoms with E-state index in [1.807, 2.05) is 13.8 Å². The predicted octanol–water partition coefficient (Wildman–Crippen LogP) is 1.58. The third-order valence-electron chi connectivity index (χ3n) is 3.51. The zero-order valence-corrected chi connectivity index (χ0v) is 12.1. The molecular formula is C14H24N2O3. The normalized spacial score (nSPS) is 20.8. The van der Waals surface area contributed by atoms with Crippen molar-refractivity contribution in [3.05, 3.63) is 0 Å². The number of nitriles is 1. The highest BCUT2D eigenvalue weighted by Gasteiger charge is 2.29. The highest BCUT2D eigenvalue weighted by molar-refractivity contribution is 5.75. The topological polar surface area (TPSA) is 62.6 Å². The van der Waals surface area contributed by atoms with Gasteiger partial charge >= 0.3 is 5.97 Å². The maximum absolute atomic E-state index is 11.6. The number of carbonyl (C=O) groups excluding carboxylic acids is 1. The quantitative estimate of drug-likeness (QED) is 0.540. The Morgan fingerprint density at radius 1 is 1.53 bits per heavy atom. The molecule has 108 valence electrons. The number of esters is 1. The van der Waals surface area contributed by atoms with Crippen molar-refractivity contribution in [2.24, 2.45) is 5.41 Å². The van der Waals surface area contributed by atoms with E-state index in [0.29, 0.717) is 13.2 Å². The molecule has 0 amide bonds. The van der Waals surface area contributed by atoms with Crippen LogP contribution in [0.3, 0.4) is 0 Å². The molecule has 1 fully saturated rings. The van der Waals surface area contributed by atoms with Gasteiger partial charge in [-0.2, -0.15) is 5.26 Å². The highest BCUT2D eigenvalue weighted by Crippen LogP contribution is 2.22. The molecule has 0 radical (unpaired) electrons. The zero-order chi connectivity index (χ0) is 14.3. The van der Waals surface area contributed by atoms with Crippen molar-refractivity contribution in [1.82, 2.24) is 4.90 Å². The zero-order valence-electron chi connectivity index (χ0n) is 12.1. The Morgan fingerprint density at radius 3 is 2.89 bits per heavy atom. The number of methoxy groups -OCH3 is 1. The summed E-state index contributed by atoms with van der Waals surface area (Å²) < 4.78 is 10.1. The van der Waals surface area contributed by atoms with Gasteiger partial charge in [0.1, 0.15) is 6.04 Å². The number of hydrogen-bond donors (Lipinski definition) is 0. The lowest BCUT2D eigenvalue weighted by Gasteiger charge is -2.33. The van der Waals surface area contributed by atoms with Gasteiger partial charge in [0.2, 0.25) is 0 Å². The number of nitrogens with zero attached hydrogens (tertiary/aromatic N) is 2. The molecule has 0 bridgehead atoms. The Bertz CT molecular complexity index is 336. The Morgan fingerprint density at radius 2 is 2.26 bits per heavy atom. The third kappa shape index (κ3) is 5.17. The number of ether oxygens (including phenoxy) is 2. The van der Waals surface area contributed by atoms with Crippen LogP contribution in [-0.2, 0) is 14.3 Å². The minimum Gasteiger partial charge on any atom is -0.468 e. The van der Waals surface area contributed by atoms with Crippen molar-refractivity contribution in [3.8, 4) is 6.07 Å². The number of carbonyl (C=O) groups is 1. The molecule has 1 heterocycles. The monoisotopic (exact) mass is 268 g/mol. The summed E-state index contributed by atoms with van der Waals surface area (Å²) in [5.74, 6) is -0.225. The van der Waals surface area contributed by atoms with Crippen LogP contribution in [0.4, 0.5) is 0 Å². The molecule has 19 heavy (non-hydrogen) atoms. The van der Waals surface area contributed by atoms with Crippen LogP contribution < -0.4 is 0 Å². The van der Waals surface area contributed by atoms with E-state index < -0.39 is 0 Å². The van der Waals surface area contributed by atoms with Crippen molar-refractivity contribution >= 4 is 5.97 Å². The summed E-state index contributed by atoms with van der Waals surface area (Å²) in [5.41, 5.74) is -0.257. The van der Waals surface area contributed by atoms with Crippen molar-refractivity contribution in [1.29, 1.82) is 5.26 Å². The lowest BCUT2D eigenvalue weighted by atomic mass is 9.89. The van der Waals surface area contributed by atoms with Crippen molar-refractivity contribution in [2.75, 3.05) is 33.4 Å². The summed E-state index contributed by atoms with van der Waals surface area (Å²) in [6.07, 6.45) is 2.86. The Kier molecular flexibility index (Phi) is 6.26. The van der Waals surface area contributed by atoms with Gasteiger partial charge in [0.25, 0.3) is 0 Å². The fourth-order valence-electron chi connectivity index (χ4n) is 2.20.